The van der Waals surface area contributed by atoms with Gasteiger partial charge < -0.3 is 10.8 Å². The van der Waals surface area contributed by atoms with Gasteiger partial charge in [0.2, 0.25) is 0 Å². The number of aliphatic hydroxyl groups excluding tert-OH is 1. The van der Waals surface area contributed by atoms with Crippen LogP contribution >= 0.6 is 47.2 Å². The molecule has 0 spiro atoms. The van der Waals surface area contributed by atoms with E-state index in [0.717, 1.165) is 6.20 Å². The van der Waals surface area contributed by atoms with Gasteiger partial charge in [-0.15, -0.1) is 12.4 Å². The summed E-state index contributed by atoms with van der Waals surface area (Å²) in [5.74, 6) is -3.54. The Morgan fingerprint density at radius 1 is 1.41 bits per heavy atom. The summed E-state index contributed by atoms with van der Waals surface area (Å²) in [6.45, 7) is -1.42. The molecule has 0 aliphatic rings. The van der Waals surface area contributed by atoms with Gasteiger partial charge >= 0.3 is 0 Å². The van der Waals surface area contributed by atoms with Crippen molar-refractivity contribution in [1.82, 2.24) is 4.98 Å². The third kappa shape index (κ3) is 3.53. The van der Waals surface area contributed by atoms with Crippen molar-refractivity contribution >= 4 is 47.2 Å². The first-order chi connectivity index (χ1) is 7.31. The number of nitrogens with zero attached hydrogens (tertiary/aromatic N) is 1. The summed E-state index contributed by atoms with van der Waals surface area (Å²) in [6, 6.07) is -1.85. The molecule has 1 atom stereocenters. The van der Waals surface area contributed by atoms with Crippen molar-refractivity contribution in [2.45, 2.75) is 12.0 Å². The molecule has 0 fully saturated rings. The van der Waals surface area contributed by atoms with E-state index in [-0.39, 0.29) is 33.2 Å². The molecule has 17 heavy (non-hydrogen) atoms. The first-order valence-electron chi connectivity index (χ1n) is 4.05. The maximum atomic E-state index is 13.2. The zero-order valence-corrected chi connectivity index (χ0v) is 11.2. The van der Waals surface area contributed by atoms with E-state index in [0.29, 0.717) is 0 Å². The van der Waals surface area contributed by atoms with E-state index in [9.17, 15) is 8.78 Å². The number of rotatable bonds is 3. The van der Waals surface area contributed by atoms with Crippen molar-refractivity contribution in [3.05, 3.63) is 27.0 Å². The van der Waals surface area contributed by atoms with Gasteiger partial charge in [0.15, 0.2) is 0 Å². The molecule has 98 valence electrons. The lowest BCUT2D eigenvalue weighted by Crippen LogP contribution is -2.36. The number of halogens is 6. The van der Waals surface area contributed by atoms with Crippen molar-refractivity contribution < 1.29 is 13.9 Å². The summed E-state index contributed by atoms with van der Waals surface area (Å²) < 4.78 is 26.3. The van der Waals surface area contributed by atoms with E-state index in [1.165, 1.54) is 0 Å². The molecule has 0 aliphatic heterocycles. The van der Waals surface area contributed by atoms with Crippen LogP contribution in [0.15, 0.2) is 6.20 Å². The molecular formula is C8H8Cl4F2N2O. The first-order valence-corrected chi connectivity index (χ1v) is 5.18. The molecule has 9 heteroatoms. The lowest BCUT2D eigenvalue weighted by Gasteiger charge is -2.23. The van der Waals surface area contributed by atoms with Gasteiger partial charge in [-0.2, -0.15) is 0 Å². The summed E-state index contributed by atoms with van der Waals surface area (Å²) in [7, 11) is 0. The fraction of sp³-hybridized carbons (Fsp3) is 0.375. The first kappa shape index (κ1) is 17.1. The molecule has 0 bridgehead atoms. The molecule has 3 nitrogen and oxygen atoms in total. The SMILES string of the molecule is Cl.N[C@H](c1c(Cl)cnc(Cl)c1Cl)C(F)(F)CO. The molecule has 1 heterocycles. The van der Waals surface area contributed by atoms with Gasteiger partial charge in [-0.25, -0.2) is 13.8 Å². The molecule has 0 unspecified atom stereocenters. The average molecular weight is 328 g/mol. The Hall–Kier alpha value is 0.0900. The van der Waals surface area contributed by atoms with Crippen molar-refractivity contribution in [3.63, 3.8) is 0 Å². The van der Waals surface area contributed by atoms with Crippen LogP contribution in [-0.2, 0) is 0 Å². The lowest BCUT2D eigenvalue weighted by molar-refractivity contribution is -0.0711. The van der Waals surface area contributed by atoms with Crippen molar-refractivity contribution in [3.8, 4) is 0 Å². The van der Waals surface area contributed by atoms with Crippen molar-refractivity contribution in [1.29, 1.82) is 0 Å². The molecule has 1 aromatic heterocycles. The van der Waals surface area contributed by atoms with E-state index in [1.54, 1.807) is 0 Å². The normalized spacial score (nSPS) is 13.1. The number of hydrogen-bond donors (Lipinski definition) is 2. The minimum absolute atomic E-state index is 0. The quantitative estimate of drug-likeness (QED) is 0.839. The molecule has 0 aliphatic carbocycles. The van der Waals surface area contributed by atoms with Gasteiger partial charge in [0.1, 0.15) is 11.8 Å². The Kier molecular flexibility index (Phi) is 6.35. The summed E-state index contributed by atoms with van der Waals surface area (Å²) in [5, 5.41) is 7.97. The van der Waals surface area contributed by atoms with Gasteiger partial charge in [-0.1, -0.05) is 34.8 Å². The predicted octanol–water partition coefficient (Wildman–Crippen LogP) is 3.09. The largest absolute Gasteiger partial charge is 0.390 e. The number of nitrogens with two attached hydrogens (primary N) is 1. The molecular weight excluding hydrogens is 320 g/mol. The molecule has 0 radical (unpaired) electrons. The van der Waals surface area contributed by atoms with Gasteiger partial charge in [0.25, 0.3) is 5.92 Å². The van der Waals surface area contributed by atoms with E-state index in [1.807, 2.05) is 0 Å². The second kappa shape index (κ2) is 6.31. The molecule has 1 rings (SSSR count). The number of alkyl halides is 2. The fourth-order valence-corrected chi connectivity index (χ4v) is 1.78. The summed E-state index contributed by atoms with van der Waals surface area (Å²) >= 11 is 16.9. The van der Waals surface area contributed by atoms with Crippen LogP contribution < -0.4 is 5.73 Å². The van der Waals surface area contributed by atoms with Crippen LogP contribution in [0.25, 0.3) is 0 Å². The molecule has 0 saturated heterocycles. The Morgan fingerprint density at radius 3 is 2.41 bits per heavy atom. The zero-order valence-electron chi connectivity index (χ0n) is 8.13. The average Bonchev–Trinajstić information content (AvgIpc) is 2.24. The summed E-state index contributed by atoms with van der Waals surface area (Å²) in [5.41, 5.74) is 5.05. The summed E-state index contributed by atoms with van der Waals surface area (Å²) in [4.78, 5) is 3.57. The zero-order chi connectivity index (χ0) is 12.5. The minimum atomic E-state index is -3.54. The third-order valence-electron chi connectivity index (χ3n) is 1.94. The van der Waals surface area contributed by atoms with E-state index < -0.39 is 18.6 Å². The lowest BCUT2D eigenvalue weighted by atomic mass is 10.0. The number of hydrogen-bond acceptors (Lipinski definition) is 3. The Balaban J connectivity index is 0.00000256. The second-order valence-electron chi connectivity index (χ2n) is 3.02. The number of aromatic nitrogens is 1. The minimum Gasteiger partial charge on any atom is -0.390 e. The van der Waals surface area contributed by atoms with Gasteiger partial charge in [-0.3, -0.25) is 0 Å². The molecule has 0 aromatic carbocycles. The maximum absolute atomic E-state index is 13.2. The molecule has 1 aromatic rings. The van der Waals surface area contributed by atoms with Crippen LogP contribution in [0.2, 0.25) is 15.2 Å². The maximum Gasteiger partial charge on any atom is 0.289 e. The van der Waals surface area contributed by atoms with Gasteiger partial charge in [0.05, 0.1) is 16.1 Å². The highest BCUT2D eigenvalue weighted by Crippen LogP contribution is 2.39. The smallest absolute Gasteiger partial charge is 0.289 e. The van der Waals surface area contributed by atoms with Gasteiger partial charge in [-0.05, 0) is 0 Å². The third-order valence-corrected chi connectivity index (χ3v) is 3.01. The molecule has 0 saturated carbocycles. The highest BCUT2D eigenvalue weighted by molar-refractivity contribution is 6.43. The predicted molar refractivity (Wildman–Crippen MR) is 65.5 cm³/mol. The van der Waals surface area contributed by atoms with Crippen LogP contribution in [0.1, 0.15) is 11.6 Å². The fourth-order valence-electron chi connectivity index (χ4n) is 1.05. The second-order valence-corrected chi connectivity index (χ2v) is 4.16. The Labute approximate surface area is 117 Å². The highest BCUT2D eigenvalue weighted by atomic mass is 35.5. The van der Waals surface area contributed by atoms with Crippen molar-refractivity contribution in [2.75, 3.05) is 6.61 Å². The number of aliphatic hydroxyl groups is 1. The highest BCUT2D eigenvalue weighted by Gasteiger charge is 2.40. The topological polar surface area (TPSA) is 59.1 Å². The van der Waals surface area contributed by atoms with Crippen LogP contribution in [0.4, 0.5) is 8.78 Å². The summed E-state index contributed by atoms with van der Waals surface area (Å²) in [6.07, 6.45) is 1.07. The standard InChI is InChI=1S/C8H7Cl3F2N2O.ClH/c9-3-1-15-7(11)5(10)4(3)6(14)8(12,13)2-16;/h1,6,16H,2,14H2;1H/t6-;/m1./s1. The van der Waals surface area contributed by atoms with Crippen molar-refractivity contribution in [2.24, 2.45) is 5.73 Å². The van der Waals surface area contributed by atoms with Crippen LogP contribution in [0.5, 0.6) is 0 Å². The Morgan fingerprint density at radius 2 is 1.94 bits per heavy atom. The van der Waals surface area contributed by atoms with E-state index in [4.69, 9.17) is 45.6 Å². The Bertz CT molecular complexity index is 405. The van der Waals surface area contributed by atoms with E-state index >= 15 is 0 Å². The van der Waals surface area contributed by atoms with Crippen LogP contribution in [-0.4, -0.2) is 22.6 Å². The molecule has 3 N–H and O–H groups in total. The number of pyridine rings is 1. The van der Waals surface area contributed by atoms with Crippen LogP contribution in [0, 0.1) is 0 Å². The van der Waals surface area contributed by atoms with E-state index in [2.05, 4.69) is 4.98 Å². The monoisotopic (exact) mass is 326 g/mol. The molecule has 0 amide bonds. The van der Waals surface area contributed by atoms with Gasteiger partial charge in [0, 0.05) is 11.8 Å². The van der Waals surface area contributed by atoms with Crippen LogP contribution in [0.3, 0.4) is 0 Å².